The number of primary amides is 1. The Bertz CT molecular complexity index is 1620. The molecule has 1 aliphatic heterocycles. The minimum Gasteiger partial charge on any atom is -0.366 e. The van der Waals surface area contributed by atoms with E-state index in [-0.39, 0.29) is 22.1 Å². The summed E-state index contributed by atoms with van der Waals surface area (Å²) in [6.07, 6.45) is 1.70. The fourth-order valence-corrected chi connectivity index (χ4v) is 6.67. The number of para-hydroxylation sites is 2. The molecule has 2 heterocycles. The zero-order valence-electron chi connectivity index (χ0n) is 20.9. The van der Waals surface area contributed by atoms with Gasteiger partial charge in [-0.05, 0) is 49.2 Å². The van der Waals surface area contributed by atoms with Gasteiger partial charge in [-0.2, -0.15) is 4.31 Å². The number of nitrogens with two attached hydrogens (primary N) is 1. The lowest BCUT2D eigenvalue weighted by molar-refractivity contribution is -0.113. The Labute approximate surface area is 230 Å². The van der Waals surface area contributed by atoms with Gasteiger partial charge in [0.25, 0.3) is 5.91 Å². The van der Waals surface area contributed by atoms with Crippen LogP contribution in [0.2, 0.25) is 0 Å². The zero-order valence-corrected chi connectivity index (χ0v) is 22.5. The van der Waals surface area contributed by atoms with Crippen molar-refractivity contribution in [3.05, 3.63) is 84.4 Å². The van der Waals surface area contributed by atoms with Crippen LogP contribution in [0.15, 0.2) is 88.9 Å². The number of rotatable bonds is 9. The predicted molar refractivity (Wildman–Crippen MR) is 149 cm³/mol. The van der Waals surface area contributed by atoms with Crippen LogP contribution in [0.4, 0.5) is 5.69 Å². The van der Waals surface area contributed by atoms with Gasteiger partial charge in [-0.25, -0.2) is 8.42 Å². The van der Waals surface area contributed by atoms with Crippen molar-refractivity contribution >= 4 is 39.3 Å². The summed E-state index contributed by atoms with van der Waals surface area (Å²) in [4.78, 5) is 24.6. The average Bonchev–Trinajstić information content (AvgIpc) is 3.64. The number of hydrogen-bond acceptors (Lipinski definition) is 7. The summed E-state index contributed by atoms with van der Waals surface area (Å²) in [5.41, 5.74) is 7.30. The Hall–Kier alpha value is -4.00. The number of anilines is 1. The Balaban J connectivity index is 1.44. The second-order valence-corrected chi connectivity index (χ2v) is 11.7. The molecule has 0 atom stereocenters. The molecule has 12 heteroatoms. The lowest BCUT2D eigenvalue weighted by atomic mass is 10.1. The van der Waals surface area contributed by atoms with E-state index in [2.05, 4.69) is 15.5 Å². The van der Waals surface area contributed by atoms with E-state index in [9.17, 15) is 18.0 Å². The van der Waals surface area contributed by atoms with E-state index in [1.807, 2.05) is 30.3 Å². The molecule has 1 aromatic heterocycles. The number of carbonyl (C=O) groups is 2. The molecule has 39 heavy (non-hydrogen) atoms. The van der Waals surface area contributed by atoms with Crippen LogP contribution in [0.1, 0.15) is 23.2 Å². The summed E-state index contributed by atoms with van der Waals surface area (Å²) in [7, 11) is -3.62. The van der Waals surface area contributed by atoms with Gasteiger partial charge in [-0.15, -0.1) is 10.2 Å². The first kappa shape index (κ1) is 26.6. The summed E-state index contributed by atoms with van der Waals surface area (Å²) in [5.74, 6) is -0.555. The van der Waals surface area contributed by atoms with Crippen molar-refractivity contribution in [3.63, 3.8) is 0 Å². The highest BCUT2D eigenvalue weighted by atomic mass is 32.2. The number of nitrogens with one attached hydrogen (secondary N) is 1. The minimum absolute atomic E-state index is 0.0125. The molecule has 5 rings (SSSR count). The molecule has 3 aromatic carbocycles. The van der Waals surface area contributed by atoms with E-state index in [0.29, 0.717) is 35.3 Å². The molecule has 3 N–H and O–H groups in total. The highest BCUT2D eigenvalue weighted by molar-refractivity contribution is 7.99. The first-order valence-electron chi connectivity index (χ1n) is 12.3. The van der Waals surface area contributed by atoms with Gasteiger partial charge < -0.3 is 11.1 Å². The van der Waals surface area contributed by atoms with Crippen LogP contribution >= 0.6 is 11.8 Å². The van der Waals surface area contributed by atoms with E-state index < -0.39 is 15.9 Å². The molecule has 0 saturated carbocycles. The molecule has 2 amide bonds. The largest absolute Gasteiger partial charge is 0.366 e. The van der Waals surface area contributed by atoms with Crippen molar-refractivity contribution in [2.75, 3.05) is 24.2 Å². The second kappa shape index (κ2) is 11.4. The third-order valence-electron chi connectivity index (χ3n) is 6.24. The normalized spacial score (nSPS) is 13.8. The molecule has 200 valence electrons. The lowest BCUT2D eigenvalue weighted by Crippen LogP contribution is -2.27. The van der Waals surface area contributed by atoms with Gasteiger partial charge in [-0.3, -0.25) is 14.2 Å². The summed E-state index contributed by atoms with van der Waals surface area (Å²) in [6.45, 7) is 1.03. The minimum atomic E-state index is -3.62. The maximum atomic E-state index is 13.2. The molecule has 10 nitrogen and oxygen atoms in total. The fourth-order valence-electron chi connectivity index (χ4n) is 4.36. The Morgan fingerprint density at radius 2 is 1.64 bits per heavy atom. The van der Waals surface area contributed by atoms with Crippen molar-refractivity contribution in [2.45, 2.75) is 22.9 Å². The highest BCUT2D eigenvalue weighted by Crippen LogP contribution is 2.30. The average molecular weight is 563 g/mol. The summed E-state index contributed by atoms with van der Waals surface area (Å²) in [6, 6.07) is 22.6. The van der Waals surface area contributed by atoms with E-state index in [1.165, 1.54) is 4.31 Å². The van der Waals surface area contributed by atoms with Crippen LogP contribution in [0.25, 0.3) is 17.1 Å². The molecular formula is C27H26N6O4S2. The number of amides is 2. The van der Waals surface area contributed by atoms with Gasteiger partial charge in [0, 0.05) is 24.3 Å². The van der Waals surface area contributed by atoms with Crippen LogP contribution < -0.4 is 11.1 Å². The Kier molecular flexibility index (Phi) is 7.77. The topological polar surface area (TPSA) is 140 Å². The Morgan fingerprint density at radius 1 is 0.923 bits per heavy atom. The van der Waals surface area contributed by atoms with Crippen molar-refractivity contribution in [1.29, 1.82) is 0 Å². The van der Waals surface area contributed by atoms with Gasteiger partial charge in [0.05, 0.1) is 21.9 Å². The van der Waals surface area contributed by atoms with E-state index >= 15 is 0 Å². The molecule has 4 aromatic rings. The van der Waals surface area contributed by atoms with E-state index in [4.69, 9.17) is 5.73 Å². The van der Waals surface area contributed by atoms with Crippen molar-refractivity contribution in [2.24, 2.45) is 5.73 Å². The van der Waals surface area contributed by atoms with Gasteiger partial charge in [-0.1, -0.05) is 54.2 Å². The number of benzene rings is 3. The van der Waals surface area contributed by atoms with Crippen LogP contribution in [-0.2, 0) is 14.8 Å². The molecule has 1 fully saturated rings. The third kappa shape index (κ3) is 5.72. The van der Waals surface area contributed by atoms with Crippen molar-refractivity contribution in [3.8, 4) is 17.1 Å². The second-order valence-electron chi connectivity index (χ2n) is 8.86. The van der Waals surface area contributed by atoms with Gasteiger partial charge in [0.15, 0.2) is 11.0 Å². The molecule has 1 aliphatic rings. The maximum Gasteiger partial charge on any atom is 0.250 e. The first-order chi connectivity index (χ1) is 18.8. The number of nitrogens with zero attached hydrogens (tertiary/aromatic N) is 4. The van der Waals surface area contributed by atoms with Gasteiger partial charge in [0.2, 0.25) is 15.9 Å². The van der Waals surface area contributed by atoms with Crippen LogP contribution in [-0.4, -0.2) is 58.1 Å². The number of sulfonamides is 1. The maximum absolute atomic E-state index is 13.2. The highest BCUT2D eigenvalue weighted by Gasteiger charge is 2.28. The molecule has 0 spiro atoms. The van der Waals surface area contributed by atoms with Crippen molar-refractivity contribution < 1.29 is 18.0 Å². The van der Waals surface area contributed by atoms with Crippen molar-refractivity contribution in [1.82, 2.24) is 19.1 Å². The van der Waals surface area contributed by atoms with Crippen LogP contribution in [0.5, 0.6) is 0 Å². The standard InChI is InChI=1S/C27H26N6O4S2/c28-25(35)22-13-4-5-14-23(22)29-24(34)18-38-27-31-30-26(33(27)20-10-2-1-3-11-20)19-9-8-12-21(17-19)39(36,37)32-15-6-7-16-32/h1-5,8-14,17H,6-7,15-16,18H2,(H2,28,35)(H,29,34). The number of aromatic nitrogens is 3. The first-order valence-corrected chi connectivity index (χ1v) is 14.7. The van der Waals surface area contributed by atoms with Crippen LogP contribution in [0.3, 0.4) is 0 Å². The summed E-state index contributed by atoms with van der Waals surface area (Å²) < 4.78 is 29.6. The third-order valence-corrected chi connectivity index (χ3v) is 9.07. The molecule has 1 saturated heterocycles. The zero-order chi connectivity index (χ0) is 27.4. The molecule has 0 bridgehead atoms. The monoisotopic (exact) mass is 562 g/mol. The number of carbonyl (C=O) groups excluding carboxylic acids is 2. The van der Waals surface area contributed by atoms with Gasteiger partial charge >= 0.3 is 0 Å². The molecule has 0 aliphatic carbocycles. The number of hydrogen-bond donors (Lipinski definition) is 2. The predicted octanol–water partition coefficient (Wildman–Crippen LogP) is 3.55. The van der Waals surface area contributed by atoms with Gasteiger partial charge in [0.1, 0.15) is 0 Å². The molecule has 0 unspecified atom stereocenters. The van der Waals surface area contributed by atoms with Crippen LogP contribution in [0, 0.1) is 0 Å². The lowest BCUT2D eigenvalue weighted by Gasteiger charge is -2.16. The fraction of sp³-hybridized carbons (Fsp3) is 0.185. The SMILES string of the molecule is NC(=O)c1ccccc1NC(=O)CSc1nnc(-c2cccc(S(=O)(=O)N3CCCC3)c2)n1-c1ccccc1. The summed E-state index contributed by atoms with van der Waals surface area (Å²) in [5, 5.41) is 11.9. The quantitative estimate of drug-likeness (QED) is 0.297. The van der Waals surface area contributed by atoms with E-state index in [1.54, 1.807) is 53.1 Å². The Morgan fingerprint density at radius 3 is 2.38 bits per heavy atom. The molecular weight excluding hydrogens is 536 g/mol. The molecule has 0 radical (unpaired) electrons. The number of thioether (sulfide) groups is 1. The summed E-state index contributed by atoms with van der Waals surface area (Å²) >= 11 is 1.16. The smallest absolute Gasteiger partial charge is 0.250 e. The van der Waals surface area contributed by atoms with E-state index in [0.717, 1.165) is 30.3 Å².